The topological polar surface area (TPSA) is 95.7 Å². The van der Waals surface area contributed by atoms with Gasteiger partial charge in [-0.2, -0.15) is 0 Å². The van der Waals surface area contributed by atoms with Crippen LogP contribution in [0.15, 0.2) is 18.2 Å². The zero-order valence-corrected chi connectivity index (χ0v) is 14.6. The first-order valence-electron chi connectivity index (χ1n) is 8.54. The maximum Gasteiger partial charge on any atom is 0.317 e. The van der Waals surface area contributed by atoms with E-state index in [2.05, 4.69) is 10.2 Å². The highest BCUT2D eigenvalue weighted by molar-refractivity contribution is 6.31. The summed E-state index contributed by atoms with van der Waals surface area (Å²) in [5.74, 6) is -0.0972. The molecule has 0 atom stereocenters. The van der Waals surface area contributed by atoms with E-state index in [0.29, 0.717) is 29.6 Å². The summed E-state index contributed by atoms with van der Waals surface area (Å²) >= 11 is 6.10. The predicted octanol–water partition coefficient (Wildman–Crippen LogP) is 2.67. The first kappa shape index (κ1) is 18.1. The van der Waals surface area contributed by atoms with Crippen LogP contribution in [0.3, 0.4) is 0 Å². The normalized spacial score (nSPS) is 22.6. The van der Waals surface area contributed by atoms with E-state index in [0.717, 1.165) is 24.9 Å². The van der Waals surface area contributed by atoms with Crippen molar-refractivity contribution in [2.75, 3.05) is 13.1 Å². The fourth-order valence-corrected chi connectivity index (χ4v) is 3.49. The molecule has 0 amide bonds. The average molecular weight is 368 g/mol. The van der Waals surface area contributed by atoms with E-state index in [-0.39, 0.29) is 12.2 Å². The summed E-state index contributed by atoms with van der Waals surface area (Å²) < 4.78 is 0. The molecule has 0 heterocycles. The number of carboxylic acids is 1. The summed E-state index contributed by atoms with van der Waals surface area (Å²) in [5, 5.41) is 23.6. The SMILES string of the molecule is O=C(O)CN(CC1CC1)C1CC(NCc2ccc([N+](=O)[O-])cc2Cl)C1. The number of carbonyl (C=O) groups is 1. The molecule has 0 radical (unpaired) electrons. The molecule has 1 aromatic carbocycles. The van der Waals surface area contributed by atoms with Crippen molar-refractivity contribution < 1.29 is 14.8 Å². The molecule has 7 nitrogen and oxygen atoms in total. The number of nitro benzene ring substituents is 1. The van der Waals surface area contributed by atoms with Crippen molar-refractivity contribution in [2.45, 2.75) is 44.3 Å². The maximum absolute atomic E-state index is 11.0. The first-order chi connectivity index (χ1) is 11.9. The highest BCUT2D eigenvalue weighted by Crippen LogP contribution is 2.34. The zero-order valence-electron chi connectivity index (χ0n) is 13.9. The lowest BCUT2D eigenvalue weighted by Crippen LogP contribution is -2.54. The summed E-state index contributed by atoms with van der Waals surface area (Å²) in [6.07, 6.45) is 4.27. The van der Waals surface area contributed by atoms with Crippen molar-refractivity contribution in [2.24, 2.45) is 5.92 Å². The Balaban J connectivity index is 1.46. The van der Waals surface area contributed by atoms with Crippen molar-refractivity contribution in [1.29, 1.82) is 0 Å². The standard InChI is InChI=1S/C17H22ClN3O4/c18-16-7-14(21(24)25)4-3-12(16)8-19-13-5-15(6-13)20(10-17(22)23)9-11-1-2-11/h3-4,7,11,13,15,19H,1-2,5-6,8-10H2,(H,22,23). The Morgan fingerprint density at radius 3 is 2.68 bits per heavy atom. The van der Waals surface area contributed by atoms with Crippen LogP contribution in [0.2, 0.25) is 5.02 Å². The van der Waals surface area contributed by atoms with Crippen LogP contribution in [0, 0.1) is 16.0 Å². The van der Waals surface area contributed by atoms with Gasteiger partial charge in [0.05, 0.1) is 16.5 Å². The van der Waals surface area contributed by atoms with Gasteiger partial charge in [-0.25, -0.2) is 0 Å². The molecule has 0 bridgehead atoms. The number of nitrogens with zero attached hydrogens (tertiary/aromatic N) is 2. The monoisotopic (exact) mass is 367 g/mol. The Morgan fingerprint density at radius 1 is 1.40 bits per heavy atom. The lowest BCUT2D eigenvalue weighted by Gasteiger charge is -2.43. The molecule has 0 saturated heterocycles. The van der Waals surface area contributed by atoms with Gasteiger partial charge in [0, 0.05) is 37.3 Å². The minimum Gasteiger partial charge on any atom is -0.480 e. The van der Waals surface area contributed by atoms with Crippen LogP contribution >= 0.6 is 11.6 Å². The number of carboxylic acid groups (broad SMARTS) is 1. The van der Waals surface area contributed by atoms with Crippen molar-refractivity contribution in [3.8, 4) is 0 Å². The number of aliphatic carboxylic acids is 1. The van der Waals surface area contributed by atoms with Gasteiger partial charge >= 0.3 is 5.97 Å². The fourth-order valence-electron chi connectivity index (χ4n) is 3.25. The third kappa shape index (κ3) is 4.90. The summed E-state index contributed by atoms with van der Waals surface area (Å²) in [5.41, 5.74) is 0.818. The molecule has 0 aliphatic heterocycles. The molecule has 0 unspecified atom stereocenters. The maximum atomic E-state index is 11.0. The molecule has 136 valence electrons. The van der Waals surface area contributed by atoms with Gasteiger partial charge in [-0.05, 0) is 43.2 Å². The van der Waals surface area contributed by atoms with Crippen LogP contribution in [-0.4, -0.2) is 46.1 Å². The number of nitrogens with one attached hydrogen (secondary N) is 1. The van der Waals surface area contributed by atoms with Crippen molar-refractivity contribution in [1.82, 2.24) is 10.2 Å². The third-order valence-corrected chi connectivity index (χ3v) is 5.34. The molecule has 2 aliphatic carbocycles. The average Bonchev–Trinajstić information content (AvgIpc) is 3.30. The lowest BCUT2D eigenvalue weighted by atomic mass is 9.85. The van der Waals surface area contributed by atoms with Gasteiger partial charge in [0.1, 0.15) is 0 Å². The van der Waals surface area contributed by atoms with E-state index >= 15 is 0 Å². The minimum absolute atomic E-state index is 0.0122. The molecule has 2 saturated carbocycles. The molecule has 2 fully saturated rings. The number of rotatable bonds is 9. The molecule has 1 aromatic rings. The number of non-ortho nitro benzene ring substituents is 1. The molecule has 0 aromatic heterocycles. The lowest BCUT2D eigenvalue weighted by molar-refractivity contribution is -0.384. The Morgan fingerprint density at radius 2 is 2.12 bits per heavy atom. The van der Waals surface area contributed by atoms with E-state index in [1.807, 2.05) is 0 Å². The van der Waals surface area contributed by atoms with Crippen LogP contribution in [0.4, 0.5) is 5.69 Å². The Hall–Kier alpha value is -1.70. The van der Waals surface area contributed by atoms with Gasteiger partial charge in [-0.1, -0.05) is 11.6 Å². The number of halogens is 1. The first-order valence-corrected chi connectivity index (χ1v) is 8.92. The largest absolute Gasteiger partial charge is 0.480 e. The molecule has 0 spiro atoms. The van der Waals surface area contributed by atoms with E-state index in [9.17, 15) is 14.9 Å². The molecule has 2 N–H and O–H groups in total. The van der Waals surface area contributed by atoms with Crippen LogP contribution in [0.1, 0.15) is 31.2 Å². The highest BCUT2D eigenvalue weighted by Gasteiger charge is 2.36. The quantitative estimate of drug-likeness (QED) is 0.514. The summed E-state index contributed by atoms with van der Waals surface area (Å²) in [4.78, 5) is 23.4. The Labute approximate surface area is 151 Å². The molecule has 3 rings (SSSR count). The van der Waals surface area contributed by atoms with Crippen LogP contribution in [0.5, 0.6) is 0 Å². The van der Waals surface area contributed by atoms with Gasteiger partial charge in [0.15, 0.2) is 0 Å². The van der Waals surface area contributed by atoms with E-state index < -0.39 is 10.9 Å². The van der Waals surface area contributed by atoms with E-state index in [1.54, 1.807) is 6.07 Å². The molecular formula is C17H22ClN3O4. The van der Waals surface area contributed by atoms with Gasteiger partial charge < -0.3 is 10.4 Å². The molecule has 8 heteroatoms. The van der Waals surface area contributed by atoms with E-state index in [4.69, 9.17) is 16.7 Å². The Kier molecular flexibility index (Phi) is 5.56. The number of hydrogen-bond acceptors (Lipinski definition) is 5. The third-order valence-electron chi connectivity index (χ3n) is 4.99. The second-order valence-corrected chi connectivity index (χ2v) is 7.41. The van der Waals surface area contributed by atoms with Gasteiger partial charge in [0.25, 0.3) is 5.69 Å². The highest BCUT2D eigenvalue weighted by atomic mass is 35.5. The van der Waals surface area contributed by atoms with Gasteiger partial charge in [0.2, 0.25) is 0 Å². The smallest absolute Gasteiger partial charge is 0.317 e. The van der Waals surface area contributed by atoms with E-state index in [1.165, 1.54) is 25.0 Å². The Bertz CT molecular complexity index is 659. The molecular weight excluding hydrogens is 346 g/mol. The molecule has 2 aliphatic rings. The second kappa shape index (κ2) is 7.68. The summed E-state index contributed by atoms with van der Waals surface area (Å²) in [6, 6.07) is 5.14. The van der Waals surface area contributed by atoms with Crippen LogP contribution < -0.4 is 5.32 Å². The number of hydrogen-bond donors (Lipinski definition) is 2. The number of benzene rings is 1. The predicted molar refractivity (Wildman–Crippen MR) is 93.7 cm³/mol. The minimum atomic E-state index is -0.769. The van der Waals surface area contributed by atoms with Gasteiger partial charge in [-0.3, -0.25) is 19.8 Å². The summed E-state index contributed by atoms with van der Waals surface area (Å²) in [6.45, 7) is 1.55. The fraction of sp³-hybridized carbons (Fsp3) is 0.588. The van der Waals surface area contributed by atoms with Crippen molar-refractivity contribution in [3.63, 3.8) is 0 Å². The van der Waals surface area contributed by atoms with Gasteiger partial charge in [-0.15, -0.1) is 0 Å². The van der Waals surface area contributed by atoms with Crippen molar-refractivity contribution in [3.05, 3.63) is 38.9 Å². The zero-order chi connectivity index (χ0) is 18.0. The van der Waals surface area contributed by atoms with Crippen molar-refractivity contribution >= 4 is 23.3 Å². The summed E-state index contributed by atoms with van der Waals surface area (Å²) in [7, 11) is 0. The van der Waals surface area contributed by atoms with Crippen LogP contribution in [-0.2, 0) is 11.3 Å². The number of nitro groups is 1. The molecule has 25 heavy (non-hydrogen) atoms. The second-order valence-electron chi connectivity index (χ2n) is 7.00. The van der Waals surface area contributed by atoms with Crippen LogP contribution in [0.25, 0.3) is 0 Å².